The van der Waals surface area contributed by atoms with Gasteiger partial charge < -0.3 is 10.5 Å². The summed E-state index contributed by atoms with van der Waals surface area (Å²) in [6.45, 7) is 1.51. The third-order valence-corrected chi connectivity index (χ3v) is 2.05. The number of benzene rings is 1. The molecule has 1 rings (SSSR count). The minimum atomic E-state index is 0.720. The topological polar surface area (TPSA) is 35.2 Å². The first kappa shape index (κ1) is 10.2. The summed E-state index contributed by atoms with van der Waals surface area (Å²) >= 11 is 0. The van der Waals surface area contributed by atoms with E-state index in [1.165, 1.54) is 11.1 Å². The largest absolute Gasteiger partial charge is 0.384 e. The van der Waals surface area contributed by atoms with Gasteiger partial charge in [0.05, 0.1) is 6.61 Å². The smallest absolute Gasteiger partial charge is 0.0502 e. The van der Waals surface area contributed by atoms with Crippen molar-refractivity contribution < 1.29 is 4.74 Å². The summed E-state index contributed by atoms with van der Waals surface area (Å²) in [6.07, 6.45) is 1.95. The fourth-order valence-corrected chi connectivity index (χ4v) is 1.26. The van der Waals surface area contributed by atoms with E-state index in [1.54, 1.807) is 7.11 Å². The van der Waals surface area contributed by atoms with E-state index in [2.05, 4.69) is 24.3 Å². The molecule has 0 aliphatic rings. The van der Waals surface area contributed by atoms with Crippen molar-refractivity contribution >= 4 is 0 Å². The van der Waals surface area contributed by atoms with Crippen molar-refractivity contribution in [3.63, 3.8) is 0 Å². The number of hydrogen-bond acceptors (Lipinski definition) is 2. The van der Waals surface area contributed by atoms with Crippen LogP contribution >= 0.6 is 0 Å². The molecule has 0 aliphatic heterocycles. The van der Waals surface area contributed by atoms with E-state index in [1.807, 2.05) is 0 Å². The van der Waals surface area contributed by atoms with Gasteiger partial charge in [0.15, 0.2) is 0 Å². The summed E-state index contributed by atoms with van der Waals surface area (Å²) in [5.74, 6) is 0. The molecule has 0 bridgehead atoms. The molecule has 2 heteroatoms. The quantitative estimate of drug-likeness (QED) is 0.741. The van der Waals surface area contributed by atoms with Crippen LogP contribution in [0, 0.1) is 0 Å². The van der Waals surface area contributed by atoms with Gasteiger partial charge in [-0.25, -0.2) is 0 Å². The van der Waals surface area contributed by atoms with Crippen molar-refractivity contribution in [2.75, 3.05) is 20.3 Å². The molecule has 0 heterocycles. The van der Waals surface area contributed by atoms with Crippen LogP contribution in [-0.4, -0.2) is 20.3 Å². The minimum absolute atomic E-state index is 0.720. The zero-order chi connectivity index (χ0) is 9.52. The van der Waals surface area contributed by atoms with Crippen LogP contribution in [0.5, 0.6) is 0 Å². The fraction of sp³-hybridized carbons (Fsp3) is 0.455. The Hall–Kier alpha value is -0.860. The van der Waals surface area contributed by atoms with Crippen LogP contribution in [0.2, 0.25) is 0 Å². The summed E-state index contributed by atoms with van der Waals surface area (Å²) in [6, 6.07) is 8.56. The maximum atomic E-state index is 5.46. The van der Waals surface area contributed by atoms with Gasteiger partial charge in [-0.1, -0.05) is 24.3 Å². The van der Waals surface area contributed by atoms with Crippen LogP contribution in [0.3, 0.4) is 0 Å². The van der Waals surface area contributed by atoms with Crippen molar-refractivity contribution in [3.05, 3.63) is 35.4 Å². The van der Waals surface area contributed by atoms with Crippen LogP contribution in [-0.2, 0) is 17.6 Å². The molecule has 0 spiro atoms. The Balaban J connectivity index is 2.48. The molecule has 13 heavy (non-hydrogen) atoms. The van der Waals surface area contributed by atoms with E-state index in [0.717, 1.165) is 26.0 Å². The van der Waals surface area contributed by atoms with Crippen molar-refractivity contribution in [3.8, 4) is 0 Å². The average Bonchev–Trinajstić information content (AvgIpc) is 2.17. The highest BCUT2D eigenvalue weighted by Gasteiger charge is 1.93. The lowest BCUT2D eigenvalue weighted by Crippen LogP contribution is -2.02. The van der Waals surface area contributed by atoms with Gasteiger partial charge >= 0.3 is 0 Å². The van der Waals surface area contributed by atoms with E-state index in [-0.39, 0.29) is 0 Å². The molecule has 2 N–H and O–H groups in total. The fourth-order valence-electron chi connectivity index (χ4n) is 1.26. The lowest BCUT2D eigenvalue weighted by atomic mass is 10.1. The number of nitrogens with two attached hydrogens (primary N) is 1. The van der Waals surface area contributed by atoms with Gasteiger partial charge in [-0.2, -0.15) is 0 Å². The molecular weight excluding hydrogens is 162 g/mol. The molecular formula is C11H17NO. The lowest BCUT2D eigenvalue weighted by molar-refractivity contribution is 0.202. The van der Waals surface area contributed by atoms with Gasteiger partial charge in [-0.05, 0) is 30.5 Å². The van der Waals surface area contributed by atoms with Gasteiger partial charge in [0, 0.05) is 7.11 Å². The van der Waals surface area contributed by atoms with E-state index in [4.69, 9.17) is 10.5 Å². The highest BCUT2D eigenvalue weighted by molar-refractivity contribution is 5.22. The molecule has 0 fully saturated rings. The first-order valence-corrected chi connectivity index (χ1v) is 4.63. The Labute approximate surface area is 79.7 Å². The molecule has 0 saturated heterocycles. The zero-order valence-corrected chi connectivity index (χ0v) is 8.12. The van der Waals surface area contributed by atoms with Crippen LogP contribution in [0.4, 0.5) is 0 Å². The number of hydrogen-bond donors (Lipinski definition) is 1. The van der Waals surface area contributed by atoms with Gasteiger partial charge in [0.25, 0.3) is 0 Å². The Morgan fingerprint density at radius 3 is 2.08 bits per heavy atom. The molecule has 0 amide bonds. The van der Waals surface area contributed by atoms with Crippen molar-refractivity contribution in [2.45, 2.75) is 12.8 Å². The summed E-state index contributed by atoms with van der Waals surface area (Å²) in [5, 5.41) is 0. The third-order valence-electron chi connectivity index (χ3n) is 2.05. The van der Waals surface area contributed by atoms with Crippen LogP contribution < -0.4 is 5.73 Å². The van der Waals surface area contributed by atoms with Crippen LogP contribution in [0.1, 0.15) is 11.1 Å². The molecule has 0 unspecified atom stereocenters. The second kappa shape index (κ2) is 5.73. The van der Waals surface area contributed by atoms with E-state index >= 15 is 0 Å². The summed E-state index contributed by atoms with van der Waals surface area (Å²) in [4.78, 5) is 0. The van der Waals surface area contributed by atoms with Crippen molar-refractivity contribution in [1.29, 1.82) is 0 Å². The number of methoxy groups -OCH3 is 1. The Kier molecular flexibility index (Phi) is 4.50. The highest BCUT2D eigenvalue weighted by Crippen LogP contribution is 2.05. The van der Waals surface area contributed by atoms with Gasteiger partial charge in [-0.15, -0.1) is 0 Å². The lowest BCUT2D eigenvalue weighted by Gasteiger charge is -2.02. The third kappa shape index (κ3) is 3.57. The van der Waals surface area contributed by atoms with Gasteiger partial charge in [0.2, 0.25) is 0 Å². The average molecular weight is 179 g/mol. The van der Waals surface area contributed by atoms with E-state index in [9.17, 15) is 0 Å². The van der Waals surface area contributed by atoms with Crippen LogP contribution in [0.25, 0.3) is 0 Å². The molecule has 2 nitrogen and oxygen atoms in total. The van der Waals surface area contributed by atoms with E-state index < -0.39 is 0 Å². The standard InChI is InChI=1S/C11H17NO/c1-13-9-7-11-4-2-10(3-5-11)6-8-12/h2-5H,6-9,12H2,1H3. The van der Waals surface area contributed by atoms with Gasteiger partial charge in [-0.3, -0.25) is 0 Å². The molecule has 72 valence electrons. The maximum Gasteiger partial charge on any atom is 0.0502 e. The molecule has 0 aliphatic carbocycles. The normalized spacial score (nSPS) is 10.3. The predicted octanol–water partition coefficient (Wildman–Crippen LogP) is 1.38. The molecule has 1 aromatic rings. The molecule has 0 atom stereocenters. The number of ether oxygens (including phenoxy) is 1. The predicted molar refractivity (Wildman–Crippen MR) is 54.8 cm³/mol. The second-order valence-electron chi connectivity index (χ2n) is 3.10. The molecule has 1 aromatic carbocycles. The summed E-state index contributed by atoms with van der Waals surface area (Å²) < 4.78 is 5.00. The Morgan fingerprint density at radius 1 is 1.08 bits per heavy atom. The van der Waals surface area contributed by atoms with Crippen LogP contribution in [0.15, 0.2) is 24.3 Å². The van der Waals surface area contributed by atoms with Gasteiger partial charge in [0.1, 0.15) is 0 Å². The highest BCUT2D eigenvalue weighted by atomic mass is 16.5. The molecule has 0 aromatic heterocycles. The SMILES string of the molecule is COCCc1ccc(CCN)cc1. The van der Waals surface area contributed by atoms with E-state index in [0.29, 0.717) is 0 Å². The Bertz CT molecular complexity index is 230. The second-order valence-corrected chi connectivity index (χ2v) is 3.10. The maximum absolute atomic E-state index is 5.46. The minimum Gasteiger partial charge on any atom is -0.384 e. The molecule has 0 saturated carbocycles. The van der Waals surface area contributed by atoms with Crippen molar-refractivity contribution in [2.24, 2.45) is 5.73 Å². The first-order valence-electron chi connectivity index (χ1n) is 4.63. The zero-order valence-electron chi connectivity index (χ0n) is 8.12. The number of rotatable bonds is 5. The summed E-state index contributed by atoms with van der Waals surface area (Å²) in [7, 11) is 1.72. The Morgan fingerprint density at radius 2 is 1.62 bits per heavy atom. The first-order chi connectivity index (χ1) is 6.36. The summed E-state index contributed by atoms with van der Waals surface area (Å²) in [5.41, 5.74) is 8.09. The monoisotopic (exact) mass is 179 g/mol. The molecule has 0 radical (unpaired) electrons. The van der Waals surface area contributed by atoms with Crippen molar-refractivity contribution in [1.82, 2.24) is 0 Å².